The van der Waals surface area contributed by atoms with Gasteiger partial charge in [0.1, 0.15) is 10.8 Å². The molecule has 5 rings (SSSR count). The van der Waals surface area contributed by atoms with E-state index in [-0.39, 0.29) is 5.56 Å². The molecule has 0 amide bonds. The number of rotatable bonds is 6. The molecule has 0 aliphatic carbocycles. The van der Waals surface area contributed by atoms with Crippen LogP contribution >= 0.6 is 11.3 Å². The van der Waals surface area contributed by atoms with Crippen molar-refractivity contribution < 1.29 is 18.3 Å². The molecule has 0 radical (unpaired) electrons. The molecule has 0 bridgehead atoms. The van der Waals surface area contributed by atoms with Crippen LogP contribution < -0.4 is 14.4 Å². The van der Waals surface area contributed by atoms with Crippen molar-refractivity contribution in [3.8, 4) is 33.3 Å². The number of nitrogens with zero attached hydrogens (tertiary/aromatic N) is 6. The maximum atomic E-state index is 14.7. The SMILES string of the molecule is COc1ccc(-c2nn3c(-c4cnc(N5CCN(C)CC5)c(C(C)(F)F)c4)cnc3s2)cc1OC. The molecule has 0 atom stereocenters. The second kappa shape index (κ2) is 9.04. The molecule has 1 fully saturated rings. The minimum absolute atomic E-state index is 0.0927. The molecule has 3 aromatic heterocycles. The highest BCUT2D eigenvalue weighted by Crippen LogP contribution is 2.38. The molecule has 4 heterocycles. The molecule has 0 N–H and O–H groups in total. The van der Waals surface area contributed by atoms with Crippen molar-refractivity contribution in [2.24, 2.45) is 0 Å². The Hall–Kier alpha value is -3.31. The number of alkyl halides is 2. The summed E-state index contributed by atoms with van der Waals surface area (Å²) in [6, 6.07) is 7.07. The predicted molar refractivity (Wildman–Crippen MR) is 132 cm³/mol. The molecule has 1 saturated heterocycles. The molecule has 11 heteroatoms. The highest BCUT2D eigenvalue weighted by atomic mass is 32.1. The van der Waals surface area contributed by atoms with Gasteiger partial charge in [-0.1, -0.05) is 11.3 Å². The van der Waals surface area contributed by atoms with E-state index in [2.05, 4.69) is 14.9 Å². The molecule has 35 heavy (non-hydrogen) atoms. The number of piperazine rings is 1. The lowest BCUT2D eigenvalue weighted by Gasteiger charge is -2.35. The Labute approximate surface area is 205 Å². The number of aromatic nitrogens is 4. The number of hydrogen-bond acceptors (Lipinski definition) is 8. The van der Waals surface area contributed by atoms with Crippen molar-refractivity contribution in [2.45, 2.75) is 12.8 Å². The molecule has 0 spiro atoms. The average molecular weight is 501 g/mol. The van der Waals surface area contributed by atoms with Crippen molar-refractivity contribution in [2.75, 3.05) is 52.3 Å². The van der Waals surface area contributed by atoms with Gasteiger partial charge in [-0.15, -0.1) is 0 Å². The molecular weight excluding hydrogens is 474 g/mol. The Kier molecular flexibility index (Phi) is 6.06. The smallest absolute Gasteiger partial charge is 0.274 e. The maximum absolute atomic E-state index is 14.7. The third kappa shape index (κ3) is 4.41. The zero-order valence-corrected chi connectivity index (χ0v) is 20.8. The van der Waals surface area contributed by atoms with Crippen LogP contribution in [0.2, 0.25) is 0 Å². The highest BCUT2D eigenvalue weighted by molar-refractivity contribution is 7.19. The number of pyridine rings is 1. The number of methoxy groups -OCH3 is 2. The Morgan fingerprint density at radius 3 is 2.37 bits per heavy atom. The van der Waals surface area contributed by atoms with Crippen molar-refractivity contribution in [1.29, 1.82) is 0 Å². The summed E-state index contributed by atoms with van der Waals surface area (Å²) in [5.41, 5.74) is 1.89. The molecular formula is C24H26F2N6O2S. The summed E-state index contributed by atoms with van der Waals surface area (Å²) in [6.45, 7) is 3.84. The van der Waals surface area contributed by atoms with Crippen LogP contribution in [-0.2, 0) is 5.92 Å². The molecule has 4 aromatic rings. The van der Waals surface area contributed by atoms with E-state index in [0.29, 0.717) is 46.6 Å². The monoisotopic (exact) mass is 500 g/mol. The van der Waals surface area contributed by atoms with Gasteiger partial charge in [0.2, 0.25) is 4.96 Å². The van der Waals surface area contributed by atoms with Gasteiger partial charge in [-0.2, -0.15) is 5.10 Å². The first-order valence-electron chi connectivity index (χ1n) is 11.2. The van der Waals surface area contributed by atoms with E-state index in [1.807, 2.05) is 30.1 Å². The number of hydrogen-bond donors (Lipinski definition) is 0. The lowest BCUT2D eigenvalue weighted by Crippen LogP contribution is -2.45. The molecule has 0 unspecified atom stereocenters. The van der Waals surface area contributed by atoms with E-state index in [1.54, 1.807) is 31.1 Å². The Bertz CT molecular complexity index is 1360. The van der Waals surface area contributed by atoms with Crippen LogP contribution in [0.1, 0.15) is 12.5 Å². The van der Waals surface area contributed by atoms with Crippen LogP contribution in [0.15, 0.2) is 36.7 Å². The first-order valence-corrected chi connectivity index (χ1v) is 12.0. The fraction of sp³-hybridized carbons (Fsp3) is 0.375. The summed E-state index contributed by atoms with van der Waals surface area (Å²) in [7, 11) is 5.19. The minimum Gasteiger partial charge on any atom is -0.493 e. The zero-order chi connectivity index (χ0) is 24.7. The van der Waals surface area contributed by atoms with Gasteiger partial charge in [-0.05, 0) is 31.3 Å². The number of halogens is 2. The predicted octanol–water partition coefficient (Wildman–Crippen LogP) is 4.40. The van der Waals surface area contributed by atoms with E-state index >= 15 is 0 Å². The topological polar surface area (TPSA) is 68.0 Å². The molecule has 0 saturated carbocycles. The van der Waals surface area contributed by atoms with Gasteiger partial charge in [0.15, 0.2) is 11.5 Å². The number of imidazole rings is 1. The maximum Gasteiger partial charge on any atom is 0.274 e. The number of ether oxygens (including phenoxy) is 2. The van der Waals surface area contributed by atoms with Gasteiger partial charge >= 0.3 is 0 Å². The molecule has 1 aliphatic rings. The van der Waals surface area contributed by atoms with E-state index in [1.165, 1.54) is 17.4 Å². The van der Waals surface area contributed by atoms with Gasteiger partial charge < -0.3 is 19.3 Å². The second-order valence-electron chi connectivity index (χ2n) is 8.59. The largest absolute Gasteiger partial charge is 0.493 e. The van der Waals surface area contributed by atoms with Gasteiger partial charge in [0, 0.05) is 50.4 Å². The lowest BCUT2D eigenvalue weighted by molar-refractivity contribution is 0.0176. The van der Waals surface area contributed by atoms with E-state index in [9.17, 15) is 8.78 Å². The van der Waals surface area contributed by atoms with E-state index < -0.39 is 5.92 Å². The minimum atomic E-state index is -3.04. The van der Waals surface area contributed by atoms with Crippen molar-refractivity contribution in [3.63, 3.8) is 0 Å². The first-order chi connectivity index (χ1) is 16.8. The summed E-state index contributed by atoms with van der Waals surface area (Å²) in [5, 5.41) is 5.43. The standard InChI is InChI=1S/C24H26F2N6O2S/c1-24(25,26)17-11-16(13-27-21(17)31-9-7-30(2)8-10-31)18-14-28-23-32(18)29-22(35-23)15-5-6-19(33-3)20(12-15)34-4/h5-6,11-14H,7-10H2,1-4H3. The van der Waals surface area contributed by atoms with Crippen LogP contribution in [0.3, 0.4) is 0 Å². The van der Waals surface area contributed by atoms with Crippen molar-refractivity contribution in [3.05, 3.63) is 42.2 Å². The number of benzene rings is 1. The fourth-order valence-electron chi connectivity index (χ4n) is 4.17. The Morgan fingerprint density at radius 1 is 0.943 bits per heavy atom. The van der Waals surface area contributed by atoms with Crippen LogP contribution in [0.5, 0.6) is 11.5 Å². The van der Waals surface area contributed by atoms with Crippen LogP contribution in [0.25, 0.3) is 26.8 Å². The van der Waals surface area contributed by atoms with Gasteiger partial charge in [0.05, 0.1) is 31.7 Å². The lowest BCUT2D eigenvalue weighted by atomic mass is 10.1. The second-order valence-corrected chi connectivity index (χ2v) is 9.54. The summed E-state index contributed by atoms with van der Waals surface area (Å²) in [5.74, 6) is -1.49. The van der Waals surface area contributed by atoms with Crippen LogP contribution in [0.4, 0.5) is 14.6 Å². The van der Waals surface area contributed by atoms with Gasteiger partial charge in [0.25, 0.3) is 5.92 Å². The zero-order valence-electron chi connectivity index (χ0n) is 20.0. The van der Waals surface area contributed by atoms with Gasteiger partial charge in [-0.3, -0.25) is 0 Å². The molecule has 1 aliphatic heterocycles. The summed E-state index contributed by atoms with van der Waals surface area (Å²) in [6.07, 6.45) is 3.27. The normalized spacial score (nSPS) is 15.1. The third-order valence-corrected chi connectivity index (χ3v) is 7.13. The number of likely N-dealkylation sites (N-methyl/N-ethyl adjacent to an activating group) is 1. The molecule has 184 valence electrons. The third-order valence-electron chi connectivity index (χ3n) is 6.15. The average Bonchev–Trinajstić information content (AvgIpc) is 3.44. The Morgan fingerprint density at radius 2 is 1.69 bits per heavy atom. The number of fused-ring (bicyclic) bond motifs is 1. The van der Waals surface area contributed by atoms with Crippen molar-refractivity contribution >= 4 is 22.1 Å². The quantitative estimate of drug-likeness (QED) is 0.389. The van der Waals surface area contributed by atoms with Crippen LogP contribution in [-0.4, -0.2) is 71.9 Å². The Balaban J connectivity index is 1.54. The molecule has 8 nitrogen and oxygen atoms in total. The number of anilines is 1. The van der Waals surface area contributed by atoms with Crippen LogP contribution in [0, 0.1) is 0 Å². The van der Waals surface area contributed by atoms with E-state index in [4.69, 9.17) is 14.6 Å². The summed E-state index contributed by atoms with van der Waals surface area (Å²) >= 11 is 1.40. The highest BCUT2D eigenvalue weighted by Gasteiger charge is 2.32. The van der Waals surface area contributed by atoms with Crippen molar-refractivity contribution in [1.82, 2.24) is 24.5 Å². The summed E-state index contributed by atoms with van der Waals surface area (Å²) in [4.78, 5) is 13.7. The molecule has 1 aromatic carbocycles. The summed E-state index contributed by atoms with van der Waals surface area (Å²) < 4.78 is 41.8. The van der Waals surface area contributed by atoms with E-state index in [0.717, 1.165) is 30.6 Å². The van der Waals surface area contributed by atoms with Gasteiger partial charge in [-0.25, -0.2) is 23.3 Å². The first kappa shape index (κ1) is 23.4. The fourth-order valence-corrected chi connectivity index (χ4v) is 5.04.